The van der Waals surface area contributed by atoms with E-state index in [0.717, 1.165) is 15.6 Å². The van der Waals surface area contributed by atoms with E-state index in [9.17, 15) is 9.90 Å². The second kappa shape index (κ2) is 5.51. The number of amides is 2. The minimum absolute atomic E-state index is 0.114. The van der Waals surface area contributed by atoms with E-state index in [1.54, 1.807) is 11.8 Å². The minimum atomic E-state index is -0.747. The molecule has 104 valence electrons. The Morgan fingerprint density at radius 2 is 2.32 bits per heavy atom. The molecule has 1 aliphatic heterocycles. The second-order valence-electron chi connectivity index (χ2n) is 5.40. The standard InChI is InChI=1S/C14H19BrN2O2/c1-10-3-4-12(15)7-11(10)8-16-13(18)17-6-5-14(2,19)9-17/h3-4,7,19H,5-6,8-9H2,1-2H3,(H,16,18)/t14-/m0/s1. The van der Waals surface area contributed by atoms with E-state index >= 15 is 0 Å². The molecule has 4 nitrogen and oxygen atoms in total. The fourth-order valence-corrected chi connectivity index (χ4v) is 2.64. The number of likely N-dealkylation sites (tertiary alicyclic amines) is 1. The summed E-state index contributed by atoms with van der Waals surface area (Å²) in [7, 11) is 0. The molecule has 1 aromatic carbocycles. The second-order valence-corrected chi connectivity index (χ2v) is 6.31. The van der Waals surface area contributed by atoms with Gasteiger partial charge in [0.2, 0.25) is 0 Å². The number of hydrogen-bond donors (Lipinski definition) is 2. The molecule has 2 N–H and O–H groups in total. The van der Waals surface area contributed by atoms with Crippen LogP contribution in [0.1, 0.15) is 24.5 Å². The van der Waals surface area contributed by atoms with Gasteiger partial charge in [0.05, 0.1) is 12.1 Å². The summed E-state index contributed by atoms with van der Waals surface area (Å²) in [5.74, 6) is 0. The Morgan fingerprint density at radius 1 is 1.58 bits per heavy atom. The van der Waals surface area contributed by atoms with Gasteiger partial charge >= 0.3 is 6.03 Å². The van der Waals surface area contributed by atoms with Crippen molar-refractivity contribution >= 4 is 22.0 Å². The lowest BCUT2D eigenvalue weighted by Crippen LogP contribution is -2.40. The van der Waals surface area contributed by atoms with Crippen LogP contribution in [0.15, 0.2) is 22.7 Å². The third-order valence-corrected chi connectivity index (χ3v) is 3.97. The Labute approximate surface area is 121 Å². The van der Waals surface area contributed by atoms with Gasteiger partial charge in [-0.3, -0.25) is 0 Å². The van der Waals surface area contributed by atoms with E-state index < -0.39 is 5.60 Å². The van der Waals surface area contributed by atoms with Crippen LogP contribution in [0.4, 0.5) is 4.79 Å². The molecule has 0 saturated carbocycles. The predicted octanol–water partition coefficient (Wildman–Crippen LogP) is 2.42. The van der Waals surface area contributed by atoms with Crippen LogP contribution in [0.5, 0.6) is 0 Å². The summed E-state index contributed by atoms with van der Waals surface area (Å²) < 4.78 is 1.01. The van der Waals surface area contributed by atoms with Gasteiger partial charge in [-0.2, -0.15) is 0 Å². The topological polar surface area (TPSA) is 52.6 Å². The van der Waals surface area contributed by atoms with Crippen molar-refractivity contribution in [3.8, 4) is 0 Å². The molecule has 2 amide bonds. The Balaban J connectivity index is 1.92. The number of halogens is 1. The summed E-state index contributed by atoms with van der Waals surface area (Å²) in [4.78, 5) is 13.7. The van der Waals surface area contributed by atoms with E-state index in [4.69, 9.17) is 0 Å². The van der Waals surface area contributed by atoms with Crippen molar-refractivity contribution in [1.82, 2.24) is 10.2 Å². The molecule has 1 aromatic rings. The Hall–Kier alpha value is -1.07. The van der Waals surface area contributed by atoms with Gasteiger partial charge in [0.1, 0.15) is 0 Å². The number of carbonyl (C=O) groups excluding carboxylic acids is 1. The van der Waals surface area contributed by atoms with E-state index in [1.165, 1.54) is 0 Å². The summed E-state index contributed by atoms with van der Waals surface area (Å²) in [5, 5.41) is 12.8. The van der Waals surface area contributed by atoms with Crippen LogP contribution in [0.2, 0.25) is 0 Å². The zero-order valence-corrected chi connectivity index (χ0v) is 12.8. The van der Waals surface area contributed by atoms with Gasteiger partial charge < -0.3 is 15.3 Å². The molecule has 1 aliphatic rings. The number of benzene rings is 1. The van der Waals surface area contributed by atoms with Crippen LogP contribution in [0.25, 0.3) is 0 Å². The smallest absolute Gasteiger partial charge is 0.317 e. The fourth-order valence-electron chi connectivity index (χ4n) is 2.23. The molecule has 0 aromatic heterocycles. The molecule has 0 bridgehead atoms. The first-order valence-electron chi connectivity index (χ1n) is 6.38. The monoisotopic (exact) mass is 326 g/mol. The lowest BCUT2D eigenvalue weighted by atomic mass is 10.1. The largest absolute Gasteiger partial charge is 0.388 e. The van der Waals surface area contributed by atoms with Gasteiger partial charge in [-0.05, 0) is 43.5 Å². The number of carbonyl (C=O) groups is 1. The average molecular weight is 327 g/mol. The maximum absolute atomic E-state index is 12.0. The average Bonchev–Trinajstić information content (AvgIpc) is 2.70. The van der Waals surface area contributed by atoms with Crippen molar-refractivity contribution in [3.05, 3.63) is 33.8 Å². The number of rotatable bonds is 2. The molecule has 5 heteroatoms. The molecule has 1 saturated heterocycles. The fraction of sp³-hybridized carbons (Fsp3) is 0.500. The molecule has 0 aliphatic carbocycles. The van der Waals surface area contributed by atoms with Gasteiger partial charge in [-0.15, -0.1) is 0 Å². The number of β-amino-alcohol motifs (C(OH)–C–C–N with tert-alkyl or cyclic N) is 1. The summed E-state index contributed by atoms with van der Waals surface area (Å²) in [6.07, 6.45) is 0.635. The van der Waals surface area contributed by atoms with Gasteiger partial charge in [0, 0.05) is 17.6 Å². The van der Waals surface area contributed by atoms with Crippen LogP contribution in [-0.4, -0.2) is 34.7 Å². The third kappa shape index (κ3) is 3.70. The maximum Gasteiger partial charge on any atom is 0.317 e. The lowest BCUT2D eigenvalue weighted by molar-refractivity contribution is 0.0719. The summed E-state index contributed by atoms with van der Waals surface area (Å²) in [6.45, 7) is 5.29. The molecular weight excluding hydrogens is 308 g/mol. The molecule has 0 unspecified atom stereocenters. The highest BCUT2D eigenvalue weighted by molar-refractivity contribution is 9.10. The van der Waals surface area contributed by atoms with Crippen molar-refractivity contribution in [2.75, 3.05) is 13.1 Å². The third-order valence-electron chi connectivity index (χ3n) is 3.48. The minimum Gasteiger partial charge on any atom is -0.388 e. The Bertz CT molecular complexity index is 488. The van der Waals surface area contributed by atoms with Crippen LogP contribution < -0.4 is 5.32 Å². The first-order valence-corrected chi connectivity index (χ1v) is 7.17. The molecule has 1 heterocycles. The van der Waals surface area contributed by atoms with E-state index in [2.05, 4.69) is 21.2 Å². The number of hydrogen-bond acceptors (Lipinski definition) is 2. The zero-order valence-electron chi connectivity index (χ0n) is 11.2. The number of urea groups is 1. The zero-order chi connectivity index (χ0) is 14.0. The maximum atomic E-state index is 12.0. The quantitative estimate of drug-likeness (QED) is 0.877. The van der Waals surface area contributed by atoms with E-state index in [1.807, 2.05) is 25.1 Å². The number of nitrogens with one attached hydrogen (secondary N) is 1. The normalized spacial score (nSPS) is 22.6. The number of nitrogens with zero attached hydrogens (tertiary/aromatic N) is 1. The van der Waals surface area contributed by atoms with Crippen molar-refractivity contribution < 1.29 is 9.90 Å². The first kappa shape index (κ1) is 14.3. The lowest BCUT2D eigenvalue weighted by Gasteiger charge is -2.19. The van der Waals surface area contributed by atoms with Gasteiger partial charge in [0.15, 0.2) is 0 Å². The van der Waals surface area contributed by atoms with E-state index in [0.29, 0.717) is 26.1 Å². The summed E-state index contributed by atoms with van der Waals surface area (Å²) in [5.41, 5.74) is 1.49. The highest BCUT2D eigenvalue weighted by Gasteiger charge is 2.33. The highest BCUT2D eigenvalue weighted by atomic mass is 79.9. The van der Waals surface area contributed by atoms with Crippen LogP contribution in [-0.2, 0) is 6.54 Å². The number of aryl methyl sites for hydroxylation is 1. The van der Waals surface area contributed by atoms with Crippen molar-refractivity contribution in [3.63, 3.8) is 0 Å². The molecule has 1 fully saturated rings. The molecule has 1 atom stereocenters. The summed E-state index contributed by atoms with van der Waals surface area (Å²) >= 11 is 3.43. The highest BCUT2D eigenvalue weighted by Crippen LogP contribution is 2.20. The van der Waals surface area contributed by atoms with Gasteiger partial charge in [-0.25, -0.2) is 4.79 Å². The molecule has 2 rings (SSSR count). The van der Waals surface area contributed by atoms with E-state index in [-0.39, 0.29) is 6.03 Å². The van der Waals surface area contributed by atoms with Crippen molar-refractivity contribution in [2.24, 2.45) is 0 Å². The van der Waals surface area contributed by atoms with Crippen LogP contribution in [0.3, 0.4) is 0 Å². The van der Waals surface area contributed by atoms with Crippen molar-refractivity contribution in [2.45, 2.75) is 32.4 Å². The molecular formula is C14H19BrN2O2. The Morgan fingerprint density at radius 3 is 2.95 bits per heavy atom. The van der Waals surface area contributed by atoms with Gasteiger partial charge in [-0.1, -0.05) is 22.0 Å². The molecule has 0 radical (unpaired) electrons. The molecule has 19 heavy (non-hydrogen) atoms. The van der Waals surface area contributed by atoms with Gasteiger partial charge in [0.25, 0.3) is 0 Å². The summed E-state index contributed by atoms with van der Waals surface area (Å²) in [6, 6.07) is 5.90. The van der Waals surface area contributed by atoms with Crippen LogP contribution >= 0.6 is 15.9 Å². The van der Waals surface area contributed by atoms with Crippen LogP contribution in [0, 0.1) is 6.92 Å². The molecule has 0 spiro atoms. The number of aliphatic hydroxyl groups is 1. The SMILES string of the molecule is Cc1ccc(Br)cc1CNC(=O)N1CC[C@](C)(O)C1. The first-order chi connectivity index (χ1) is 8.87. The Kier molecular flexibility index (Phi) is 4.16. The predicted molar refractivity (Wildman–Crippen MR) is 77.9 cm³/mol. The van der Waals surface area contributed by atoms with Crippen molar-refractivity contribution in [1.29, 1.82) is 0 Å².